The number of ether oxygens (including phenoxy) is 2. The first-order valence-corrected chi connectivity index (χ1v) is 18.0. The van der Waals surface area contributed by atoms with E-state index in [1.165, 1.54) is 89.9 Å². The van der Waals surface area contributed by atoms with Gasteiger partial charge in [0, 0.05) is 34.4 Å². The summed E-state index contributed by atoms with van der Waals surface area (Å²) in [6, 6.07) is 14.0. The van der Waals surface area contributed by atoms with Crippen molar-refractivity contribution in [3.63, 3.8) is 0 Å². The van der Waals surface area contributed by atoms with Crippen LogP contribution in [0.2, 0.25) is 0 Å². The molecule has 0 aliphatic carbocycles. The molecule has 0 unspecified atom stereocenters. The number of fused-ring (bicyclic) bond motifs is 2. The average Bonchev–Trinajstić information content (AvgIpc) is 3.04. The summed E-state index contributed by atoms with van der Waals surface area (Å²) in [5.41, 5.74) is 1.15. The molecule has 0 aliphatic heterocycles. The lowest BCUT2D eigenvalue weighted by Gasteiger charge is -2.17. The maximum absolute atomic E-state index is 13.1. The second kappa shape index (κ2) is 21.0. The van der Waals surface area contributed by atoms with Crippen molar-refractivity contribution in [1.29, 1.82) is 0 Å². The highest BCUT2D eigenvalue weighted by atomic mass is 16.5. The molecule has 44 heavy (non-hydrogen) atoms. The van der Waals surface area contributed by atoms with E-state index in [-0.39, 0.29) is 11.9 Å². The Bertz CT molecular complexity index is 1280. The maximum Gasteiger partial charge on any atom is 0.311 e. The Morgan fingerprint density at radius 1 is 0.477 bits per heavy atom. The smallest absolute Gasteiger partial charge is 0.311 e. The molecule has 0 spiro atoms. The number of hydrogen-bond acceptors (Lipinski definition) is 4. The van der Waals surface area contributed by atoms with E-state index in [4.69, 9.17) is 9.47 Å². The van der Waals surface area contributed by atoms with E-state index >= 15 is 0 Å². The van der Waals surface area contributed by atoms with Gasteiger partial charge in [-0.2, -0.15) is 0 Å². The predicted octanol–water partition coefficient (Wildman–Crippen LogP) is 12.2. The molecule has 4 nitrogen and oxygen atoms in total. The van der Waals surface area contributed by atoms with Crippen LogP contribution in [0.4, 0.5) is 0 Å². The molecule has 0 radical (unpaired) electrons. The van der Waals surface area contributed by atoms with Gasteiger partial charge in [0.15, 0.2) is 0 Å². The Kier molecular flexibility index (Phi) is 17.0. The molecule has 242 valence electrons. The van der Waals surface area contributed by atoms with Gasteiger partial charge in [0.2, 0.25) is 0 Å². The highest BCUT2D eigenvalue weighted by molar-refractivity contribution is 6.12. The summed E-state index contributed by atoms with van der Waals surface area (Å²) < 4.78 is 12.2. The van der Waals surface area contributed by atoms with Crippen LogP contribution in [0.3, 0.4) is 0 Å². The van der Waals surface area contributed by atoms with Crippen LogP contribution in [0.1, 0.15) is 155 Å². The van der Waals surface area contributed by atoms with E-state index < -0.39 is 0 Å². The van der Waals surface area contributed by atoms with Gasteiger partial charge in [-0.25, -0.2) is 0 Å². The van der Waals surface area contributed by atoms with Crippen LogP contribution in [-0.2, 0) is 16.0 Å². The van der Waals surface area contributed by atoms with Gasteiger partial charge in [0.25, 0.3) is 0 Å². The molecule has 0 bridgehead atoms. The van der Waals surface area contributed by atoms with Gasteiger partial charge in [-0.15, -0.1) is 0 Å². The Morgan fingerprint density at radius 3 is 1.30 bits per heavy atom. The van der Waals surface area contributed by atoms with E-state index in [2.05, 4.69) is 32.9 Å². The molecule has 4 heteroatoms. The fourth-order valence-electron chi connectivity index (χ4n) is 6.08. The molecule has 0 aromatic heterocycles. The number of unbranched alkanes of at least 4 members (excludes halogenated alkanes) is 16. The highest BCUT2D eigenvalue weighted by Gasteiger charge is 2.20. The predicted molar refractivity (Wildman–Crippen MR) is 186 cm³/mol. The third kappa shape index (κ3) is 11.9. The van der Waals surface area contributed by atoms with Gasteiger partial charge in [0.05, 0.1) is 0 Å². The zero-order valence-corrected chi connectivity index (χ0v) is 28.0. The van der Waals surface area contributed by atoms with E-state index in [1.54, 1.807) is 0 Å². The Morgan fingerprint density at radius 2 is 0.864 bits per heavy atom. The van der Waals surface area contributed by atoms with Crippen molar-refractivity contribution in [2.45, 2.75) is 156 Å². The molecule has 0 saturated carbocycles. The highest BCUT2D eigenvalue weighted by Crippen LogP contribution is 2.43. The molecular weight excluding hydrogens is 544 g/mol. The summed E-state index contributed by atoms with van der Waals surface area (Å²) in [6.07, 6.45) is 23.4. The number of esters is 2. The Hall–Kier alpha value is -2.88. The molecule has 0 heterocycles. The minimum atomic E-state index is -0.200. The van der Waals surface area contributed by atoms with Crippen LogP contribution in [0.15, 0.2) is 42.5 Å². The van der Waals surface area contributed by atoms with Gasteiger partial charge in [-0.1, -0.05) is 160 Å². The van der Waals surface area contributed by atoms with E-state index in [9.17, 15) is 9.59 Å². The Labute approximate surface area is 267 Å². The summed E-state index contributed by atoms with van der Waals surface area (Å²) in [6.45, 7) is 6.61. The first-order chi connectivity index (χ1) is 21.6. The molecule has 3 aromatic carbocycles. The van der Waals surface area contributed by atoms with E-state index in [0.29, 0.717) is 24.3 Å². The fourth-order valence-corrected chi connectivity index (χ4v) is 6.08. The lowest BCUT2D eigenvalue weighted by Crippen LogP contribution is -2.11. The second-order valence-corrected chi connectivity index (χ2v) is 12.5. The molecule has 0 N–H and O–H groups in total. The molecule has 3 aromatic rings. The summed E-state index contributed by atoms with van der Waals surface area (Å²) in [7, 11) is 0. The first-order valence-electron chi connectivity index (χ1n) is 18.0. The normalized spacial score (nSPS) is 11.3. The molecule has 3 rings (SSSR count). The van der Waals surface area contributed by atoms with Crippen LogP contribution >= 0.6 is 0 Å². The van der Waals surface area contributed by atoms with Gasteiger partial charge in [-0.05, 0) is 30.9 Å². The van der Waals surface area contributed by atoms with Crippen molar-refractivity contribution in [2.75, 3.05) is 0 Å². The lowest BCUT2D eigenvalue weighted by molar-refractivity contribution is -0.135. The van der Waals surface area contributed by atoms with Crippen LogP contribution in [-0.4, -0.2) is 11.9 Å². The first kappa shape index (κ1) is 35.6. The van der Waals surface area contributed by atoms with Gasteiger partial charge >= 0.3 is 11.9 Å². The van der Waals surface area contributed by atoms with Gasteiger partial charge in [-0.3, -0.25) is 9.59 Å². The number of rotatable bonds is 23. The van der Waals surface area contributed by atoms with Crippen LogP contribution < -0.4 is 9.47 Å². The van der Waals surface area contributed by atoms with Crippen LogP contribution in [0.25, 0.3) is 21.5 Å². The summed E-state index contributed by atoms with van der Waals surface area (Å²) in [4.78, 5) is 26.1. The molecule has 0 aliphatic rings. The van der Waals surface area contributed by atoms with Crippen LogP contribution in [0.5, 0.6) is 11.5 Å². The lowest BCUT2D eigenvalue weighted by atomic mass is 9.98. The fraction of sp³-hybridized carbons (Fsp3) is 0.600. The van der Waals surface area contributed by atoms with Crippen molar-refractivity contribution < 1.29 is 19.1 Å². The number of hydrogen-bond donors (Lipinski definition) is 0. The van der Waals surface area contributed by atoms with Crippen molar-refractivity contribution >= 4 is 33.5 Å². The Balaban J connectivity index is 1.65. The molecule has 0 saturated heterocycles. The maximum atomic E-state index is 13.1. The third-order valence-electron chi connectivity index (χ3n) is 8.80. The molecule has 0 fully saturated rings. The van der Waals surface area contributed by atoms with E-state index in [0.717, 1.165) is 59.2 Å². The van der Waals surface area contributed by atoms with Gasteiger partial charge < -0.3 is 9.47 Å². The average molecular weight is 603 g/mol. The number of carbonyl (C=O) groups excluding carboxylic acids is 2. The standard InChI is InChI=1S/C40H58O4/c1-4-7-9-11-13-15-17-19-21-27-37(41)43-39-33-25-23-24-26-34(33)40(36-31-32(6-3)29-30-35(36)39)44-38(42)28-22-20-18-16-14-12-10-8-5-2/h23-26,29-31H,4-22,27-28H2,1-3H3. The monoisotopic (exact) mass is 602 g/mol. The van der Waals surface area contributed by atoms with Crippen molar-refractivity contribution in [2.24, 2.45) is 0 Å². The third-order valence-corrected chi connectivity index (χ3v) is 8.80. The van der Waals surface area contributed by atoms with E-state index in [1.807, 2.05) is 30.3 Å². The zero-order valence-electron chi connectivity index (χ0n) is 28.0. The van der Waals surface area contributed by atoms with Crippen molar-refractivity contribution in [1.82, 2.24) is 0 Å². The SMILES string of the molecule is CCCCCCCCCCCC(=O)Oc1c2ccccc2c(OC(=O)CCCCCCCCCCC)c2cc(CC)ccc12. The van der Waals surface area contributed by atoms with Crippen LogP contribution in [0, 0.1) is 0 Å². The van der Waals surface area contributed by atoms with Crippen molar-refractivity contribution in [3.8, 4) is 11.5 Å². The minimum Gasteiger partial charge on any atom is -0.425 e. The molecule has 0 amide bonds. The molecule has 0 atom stereocenters. The number of aryl methyl sites for hydroxylation is 1. The van der Waals surface area contributed by atoms with Gasteiger partial charge in [0.1, 0.15) is 11.5 Å². The topological polar surface area (TPSA) is 52.6 Å². The quantitative estimate of drug-likeness (QED) is 0.0469. The van der Waals surface area contributed by atoms with Crippen molar-refractivity contribution in [3.05, 3.63) is 48.0 Å². The molecular formula is C40H58O4. The summed E-state index contributed by atoms with van der Waals surface area (Å²) >= 11 is 0. The summed E-state index contributed by atoms with van der Waals surface area (Å²) in [5.74, 6) is 0.744. The zero-order chi connectivity index (χ0) is 31.4. The number of carbonyl (C=O) groups is 2. The minimum absolute atomic E-state index is 0.198. The largest absolute Gasteiger partial charge is 0.425 e. The summed E-state index contributed by atoms with van der Waals surface area (Å²) in [5, 5.41) is 3.25. The number of benzene rings is 3. The second-order valence-electron chi connectivity index (χ2n) is 12.5.